The monoisotopic (exact) mass is 291 g/mol. The van der Waals surface area contributed by atoms with Gasteiger partial charge in [-0.25, -0.2) is 14.0 Å². The number of carbonyl (C=O) groups excluding carboxylic acids is 2. The zero-order valence-electron chi connectivity index (χ0n) is 11.8. The molecule has 0 amide bonds. The first-order chi connectivity index (χ1) is 10.0. The van der Waals surface area contributed by atoms with Crippen molar-refractivity contribution in [3.05, 3.63) is 46.9 Å². The van der Waals surface area contributed by atoms with E-state index < -0.39 is 17.8 Å². The van der Waals surface area contributed by atoms with Gasteiger partial charge in [0.05, 0.1) is 25.5 Å². The van der Waals surface area contributed by atoms with Crippen LogP contribution in [0.4, 0.5) is 4.39 Å². The van der Waals surface area contributed by atoms with Gasteiger partial charge in [-0.1, -0.05) is 12.1 Å². The van der Waals surface area contributed by atoms with E-state index in [0.717, 1.165) is 0 Å². The van der Waals surface area contributed by atoms with E-state index in [1.54, 1.807) is 25.1 Å². The fourth-order valence-corrected chi connectivity index (χ4v) is 2.14. The molecule has 0 unspecified atom stereocenters. The van der Waals surface area contributed by atoms with E-state index in [9.17, 15) is 14.0 Å². The number of nitrogens with one attached hydrogen (secondary N) is 1. The third kappa shape index (κ3) is 2.52. The Kier molecular flexibility index (Phi) is 4.07. The third-order valence-electron chi connectivity index (χ3n) is 3.17. The summed E-state index contributed by atoms with van der Waals surface area (Å²) in [6.45, 7) is 1.61. The number of benzene rings is 1. The topological polar surface area (TPSA) is 68.4 Å². The second-order valence-corrected chi connectivity index (χ2v) is 4.34. The van der Waals surface area contributed by atoms with Crippen molar-refractivity contribution in [2.24, 2.45) is 0 Å². The summed E-state index contributed by atoms with van der Waals surface area (Å²) in [6, 6.07) is 6.06. The lowest BCUT2D eigenvalue weighted by molar-refractivity contribution is 0.0551. The number of hydrogen-bond acceptors (Lipinski definition) is 4. The predicted octanol–water partition coefficient (Wildman–Crippen LogP) is 2.70. The molecule has 0 aliphatic rings. The number of aromatic nitrogens is 1. The van der Waals surface area contributed by atoms with Crippen LogP contribution in [0.3, 0.4) is 0 Å². The minimum Gasteiger partial charge on any atom is -0.465 e. The molecule has 0 aliphatic heterocycles. The minimum atomic E-state index is -0.721. The van der Waals surface area contributed by atoms with Crippen LogP contribution in [0.2, 0.25) is 0 Å². The predicted molar refractivity (Wildman–Crippen MR) is 73.6 cm³/mol. The van der Waals surface area contributed by atoms with Crippen LogP contribution in [0.1, 0.15) is 26.4 Å². The summed E-state index contributed by atoms with van der Waals surface area (Å²) in [5, 5.41) is 0. The first-order valence-corrected chi connectivity index (χ1v) is 6.15. The number of rotatable bonds is 3. The van der Waals surface area contributed by atoms with E-state index >= 15 is 0 Å². The number of halogens is 1. The lowest BCUT2D eigenvalue weighted by atomic mass is 10.0. The van der Waals surface area contributed by atoms with Crippen molar-refractivity contribution in [1.82, 2.24) is 4.98 Å². The highest BCUT2D eigenvalue weighted by atomic mass is 19.1. The van der Waals surface area contributed by atoms with Crippen LogP contribution in [0.5, 0.6) is 0 Å². The fourth-order valence-electron chi connectivity index (χ4n) is 2.14. The number of methoxy groups -OCH3 is 2. The molecule has 0 aliphatic carbocycles. The number of esters is 2. The van der Waals surface area contributed by atoms with E-state index in [1.807, 2.05) is 0 Å². The van der Waals surface area contributed by atoms with E-state index in [4.69, 9.17) is 0 Å². The first kappa shape index (κ1) is 14.8. The first-order valence-electron chi connectivity index (χ1n) is 6.15. The molecule has 1 aromatic carbocycles. The van der Waals surface area contributed by atoms with Crippen molar-refractivity contribution >= 4 is 11.9 Å². The standard InChI is InChI=1S/C15H14FNO4/c1-8-11(14(18)20-2)13(15(19)21-3)17-12(8)9-6-4-5-7-10(9)16/h4-7,17H,1-3H3. The van der Waals surface area contributed by atoms with Gasteiger partial charge in [0.15, 0.2) is 0 Å². The Hall–Kier alpha value is -2.63. The van der Waals surface area contributed by atoms with E-state index in [2.05, 4.69) is 14.5 Å². The van der Waals surface area contributed by atoms with Crippen LogP contribution in [0.25, 0.3) is 11.3 Å². The van der Waals surface area contributed by atoms with Crippen molar-refractivity contribution < 1.29 is 23.5 Å². The SMILES string of the molecule is COC(=O)c1[nH]c(-c2ccccc2F)c(C)c1C(=O)OC. The molecule has 0 bridgehead atoms. The Balaban J connectivity index is 2.70. The Bertz CT molecular complexity index is 706. The van der Waals surface area contributed by atoms with Gasteiger partial charge in [0, 0.05) is 5.56 Å². The zero-order chi connectivity index (χ0) is 15.6. The maximum absolute atomic E-state index is 13.9. The van der Waals surface area contributed by atoms with Crippen molar-refractivity contribution in [2.45, 2.75) is 6.92 Å². The summed E-state index contributed by atoms with van der Waals surface area (Å²) < 4.78 is 23.2. The van der Waals surface area contributed by atoms with Crippen LogP contribution < -0.4 is 0 Å². The van der Waals surface area contributed by atoms with Crippen LogP contribution in [0.15, 0.2) is 24.3 Å². The number of aromatic amines is 1. The van der Waals surface area contributed by atoms with Gasteiger partial charge in [0.2, 0.25) is 0 Å². The molecule has 2 aromatic rings. The number of H-pyrrole nitrogens is 1. The molecule has 0 spiro atoms. The minimum absolute atomic E-state index is 0.0441. The smallest absolute Gasteiger partial charge is 0.355 e. The summed E-state index contributed by atoms with van der Waals surface area (Å²) in [5.41, 5.74) is 1.01. The molecule has 0 saturated heterocycles. The number of hydrogen-bond donors (Lipinski definition) is 1. The van der Waals surface area contributed by atoms with Gasteiger partial charge in [0.1, 0.15) is 11.5 Å². The van der Waals surface area contributed by atoms with Crippen molar-refractivity contribution in [3.63, 3.8) is 0 Å². The average molecular weight is 291 g/mol. The van der Waals surface area contributed by atoms with Crippen LogP contribution >= 0.6 is 0 Å². The van der Waals surface area contributed by atoms with Crippen molar-refractivity contribution in [1.29, 1.82) is 0 Å². The molecule has 0 radical (unpaired) electrons. The molecule has 6 heteroatoms. The summed E-state index contributed by atoms with van der Waals surface area (Å²) in [7, 11) is 2.40. The quantitative estimate of drug-likeness (QED) is 0.883. The molecule has 21 heavy (non-hydrogen) atoms. The lowest BCUT2D eigenvalue weighted by Gasteiger charge is -2.03. The van der Waals surface area contributed by atoms with Gasteiger partial charge in [0.25, 0.3) is 0 Å². The highest BCUT2D eigenvalue weighted by Gasteiger charge is 2.27. The Morgan fingerprint density at radius 3 is 2.29 bits per heavy atom. The van der Waals surface area contributed by atoms with Crippen LogP contribution in [-0.2, 0) is 9.47 Å². The zero-order valence-corrected chi connectivity index (χ0v) is 11.8. The normalized spacial score (nSPS) is 10.3. The summed E-state index contributed by atoms with van der Waals surface area (Å²) in [4.78, 5) is 26.4. The van der Waals surface area contributed by atoms with Crippen molar-refractivity contribution in [3.8, 4) is 11.3 Å². The Morgan fingerprint density at radius 1 is 1.10 bits per heavy atom. The van der Waals surface area contributed by atoms with E-state index in [0.29, 0.717) is 11.3 Å². The van der Waals surface area contributed by atoms with Gasteiger partial charge in [-0.2, -0.15) is 0 Å². The largest absolute Gasteiger partial charge is 0.465 e. The molecule has 2 rings (SSSR count). The van der Waals surface area contributed by atoms with Gasteiger partial charge in [-0.15, -0.1) is 0 Å². The summed E-state index contributed by atoms with van der Waals surface area (Å²) in [6.07, 6.45) is 0. The van der Waals surface area contributed by atoms with Gasteiger partial charge >= 0.3 is 11.9 Å². The molecule has 0 atom stereocenters. The van der Waals surface area contributed by atoms with Crippen molar-refractivity contribution in [2.75, 3.05) is 14.2 Å². The van der Waals surface area contributed by atoms with Gasteiger partial charge in [-0.3, -0.25) is 0 Å². The molecular weight excluding hydrogens is 277 g/mol. The molecule has 0 fully saturated rings. The van der Waals surface area contributed by atoms with Crippen LogP contribution in [-0.4, -0.2) is 31.1 Å². The fraction of sp³-hybridized carbons (Fsp3) is 0.200. The average Bonchev–Trinajstić information content (AvgIpc) is 2.83. The number of carbonyl (C=O) groups is 2. The molecule has 1 N–H and O–H groups in total. The number of ether oxygens (including phenoxy) is 2. The van der Waals surface area contributed by atoms with E-state index in [1.165, 1.54) is 20.3 Å². The van der Waals surface area contributed by atoms with Crippen LogP contribution in [0, 0.1) is 12.7 Å². The van der Waals surface area contributed by atoms with Gasteiger partial charge in [-0.05, 0) is 24.6 Å². The molecule has 1 heterocycles. The maximum Gasteiger partial charge on any atom is 0.355 e. The molecule has 110 valence electrons. The second-order valence-electron chi connectivity index (χ2n) is 4.34. The second kappa shape index (κ2) is 5.78. The Morgan fingerprint density at radius 2 is 1.71 bits per heavy atom. The molecule has 1 aromatic heterocycles. The molecule has 5 nitrogen and oxygen atoms in total. The van der Waals surface area contributed by atoms with Gasteiger partial charge < -0.3 is 14.5 Å². The Labute approximate surface area is 120 Å². The molecular formula is C15H14FNO4. The highest BCUT2D eigenvalue weighted by molar-refractivity contribution is 6.05. The summed E-state index contributed by atoms with van der Waals surface area (Å²) >= 11 is 0. The maximum atomic E-state index is 13.9. The third-order valence-corrected chi connectivity index (χ3v) is 3.17. The highest BCUT2D eigenvalue weighted by Crippen LogP contribution is 2.30. The summed E-state index contributed by atoms with van der Waals surface area (Å²) in [5.74, 6) is -1.87. The lowest BCUT2D eigenvalue weighted by Crippen LogP contribution is -2.11. The molecule has 0 saturated carbocycles. The van der Waals surface area contributed by atoms with E-state index in [-0.39, 0.29) is 16.8 Å².